The molecule has 0 spiro atoms. The Kier molecular flexibility index (Phi) is 4.82. The van der Waals surface area contributed by atoms with Crippen LogP contribution in [-0.2, 0) is 9.53 Å². The fourth-order valence-corrected chi connectivity index (χ4v) is 1.76. The second kappa shape index (κ2) is 6.13. The Balaban J connectivity index is 2.70. The minimum atomic E-state index is -0.251. The fourth-order valence-electron chi connectivity index (χ4n) is 1.76. The fraction of sp³-hybridized carbons (Fsp3) is 0.462. The quantitative estimate of drug-likeness (QED) is 0.798. The third kappa shape index (κ3) is 3.66. The number of methoxy groups -OCH3 is 1. The lowest BCUT2D eigenvalue weighted by molar-refractivity contribution is -0.140. The molecule has 0 radical (unpaired) electrons. The number of ether oxygens (including phenoxy) is 2. The van der Waals surface area contributed by atoms with Gasteiger partial charge in [0.25, 0.3) is 0 Å². The van der Waals surface area contributed by atoms with Crippen molar-refractivity contribution in [2.24, 2.45) is 0 Å². The van der Waals surface area contributed by atoms with E-state index in [9.17, 15) is 4.79 Å². The number of carbonyl (C=O) groups excluding carboxylic acids is 1. The van der Waals surface area contributed by atoms with Crippen LogP contribution >= 0.6 is 0 Å². The lowest BCUT2D eigenvalue weighted by atomic mass is 10.1. The first-order valence-corrected chi connectivity index (χ1v) is 5.63. The van der Waals surface area contributed by atoms with Gasteiger partial charge in [-0.2, -0.15) is 0 Å². The van der Waals surface area contributed by atoms with Crippen molar-refractivity contribution < 1.29 is 14.3 Å². The highest BCUT2D eigenvalue weighted by Gasteiger charge is 2.06. The standard InChI is InChI=1S/C13H19NO3/c1-5-17-12(15)8-14-11-6-9(2)13(16-4)10(3)7-11/h6-7,14H,5,8H2,1-4H3. The van der Waals surface area contributed by atoms with Crippen molar-refractivity contribution in [2.75, 3.05) is 25.6 Å². The number of benzene rings is 1. The maximum Gasteiger partial charge on any atom is 0.325 e. The molecule has 94 valence electrons. The summed E-state index contributed by atoms with van der Waals surface area (Å²) in [6, 6.07) is 3.90. The van der Waals surface area contributed by atoms with E-state index in [1.807, 2.05) is 26.0 Å². The number of anilines is 1. The zero-order valence-corrected chi connectivity index (χ0v) is 10.8. The summed E-state index contributed by atoms with van der Waals surface area (Å²) >= 11 is 0. The van der Waals surface area contributed by atoms with Gasteiger partial charge in [-0.05, 0) is 44.0 Å². The Morgan fingerprint density at radius 3 is 2.35 bits per heavy atom. The third-order valence-electron chi connectivity index (χ3n) is 2.41. The summed E-state index contributed by atoms with van der Waals surface area (Å²) in [5.41, 5.74) is 2.98. The van der Waals surface area contributed by atoms with Crippen molar-refractivity contribution in [3.8, 4) is 5.75 Å². The van der Waals surface area contributed by atoms with Crippen LogP contribution < -0.4 is 10.1 Å². The Hall–Kier alpha value is -1.71. The predicted molar refractivity (Wildman–Crippen MR) is 67.6 cm³/mol. The van der Waals surface area contributed by atoms with Gasteiger partial charge < -0.3 is 14.8 Å². The monoisotopic (exact) mass is 237 g/mol. The van der Waals surface area contributed by atoms with Crippen LogP contribution in [0.3, 0.4) is 0 Å². The molecular weight excluding hydrogens is 218 g/mol. The van der Waals surface area contributed by atoms with Crippen LogP contribution in [-0.4, -0.2) is 26.2 Å². The summed E-state index contributed by atoms with van der Waals surface area (Å²) in [6.45, 7) is 6.32. The largest absolute Gasteiger partial charge is 0.496 e. The molecule has 0 saturated heterocycles. The number of carbonyl (C=O) groups is 1. The van der Waals surface area contributed by atoms with Crippen molar-refractivity contribution in [1.29, 1.82) is 0 Å². The average molecular weight is 237 g/mol. The van der Waals surface area contributed by atoms with E-state index in [1.165, 1.54) is 0 Å². The predicted octanol–water partition coefficient (Wildman–Crippen LogP) is 2.29. The van der Waals surface area contributed by atoms with Gasteiger partial charge in [0.15, 0.2) is 0 Å². The lowest BCUT2D eigenvalue weighted by Gasteiger charge is -2.12. The van der Waals surface area contributed by atoms with Gasteiger partial charge in [0.05, 0.1) is 13.7 Å². The van der Waals surface area contributed by atoms with Gasteiger partial charge in [-0.15, -0.1) is 0 Å². The minimum Gasteiger partial charge on any atom is -0.496 e. The lowest BCUT2D eigenvalue weighted by Crippen LogP contribution is -2.16. The van der Waals surface area contributed by atoms with Crippen molar-refractivity contribution in [3.63, 3.8) is 0 Å². The van der Waals surface area contributed by atoms with E-state index in [2.05, 4.69) is 5.32 Å². The van der Waals surface area contributed by atoms with E-state index in [4.69, 9.17) is 9.47 Å². The molecule has 0 aliphatic heterocycles. The van der Waals surface area contributed by atoms with E-state index < -0.39 is 0 Å². The molecular formula is C13H19NO3. The molecule has 0 bridgehead atoms. The molecule has 0 atom stereocenters. The molecule has 0 aromatic heterocycles. The van der Waals surface area contributed by atoms with Gasteiger partial charge in [-0.3, -0.25) is 4.79 Å². The summed E-state index contributed by atoms with van der Waals surface area (Å²) in [6.07, 6.45) is 0. The van der Waals surface area contributed by atoms with Crippen LogP contribution in [0, 0.1) is 13.8 Å². The second-order valence-electron chi connectivity index (χ2n) is 3.80. The van der Waals surface area contributed by atoms with Gasteiger partial charge >= 0.3 is 5.97 Å². The summed E-state index contributed by atoms with van der Waals surface area (Å²) < 4.78 is 10.1. The molecule has 0 unspecified atom stereocenters. The Morgan fingerprint density at radius 1 is 1.29 bits per heavy atom. The number of rotatable bonds is 5. The van der Waals surface area contributed by atoms with E-state index in [1.54, 1.807) is 14.0 Å². The zero-order valence-electron chi connectivity index (χ0n) is 10.8. The van der Waals surface area contributed by atoms with E-state index in [-0.39, 0.29) is 12.5 Å². The number of aryl methyl sites for hydroxylation is 2. The van der Waals surface area contributed by atoms with Crippen molar-refractivity contribution in [3.05, 3.63) is 23.3 Å². The first kappa shape index (κ1) is 13.4. The summed E-state index contributed by atoms with van der Waals surface area (Å²) in [7, 11) is 1.65. The molecule has 1 rings (SSSR count). The van der Waals surface area contributed by atoms with Gasteiger partial charge in [0.1, 0.15) is 12.3 Å². The molecule has 1 aromatic rings. The third-order valence-corrected chi connectivity index (χ3v) is 2.41. The van der Waals surface area contributed by atoms with Gasteiger partial charge in [-0.25, -0.2) is 0 Å². The average Bonchev–Trinajstić information content (AvgIpc) is 2.26. The smallest absolute Gasteiger partial charge is 0.325 e. The highest BCUT2D eigenvalue weighted by atomic mass is 16.5. The van der Waals surface area contributed by atoms with Crippen LogP contribution in [0.5, 0.6) is 5.75 Å². The Bertz CT molecular complexity index is 379. The molecule has 4 heteroatoms. The van der Waals surface area contributed by atoms with Gasteiger partial charge in [0, 0.05) is 5.69 Å². The molecule has 0 aliphatic carbocycles. The maximum absolute atomic E-state index is 11.2. The molecule has 0 heterocycles. The molecule has 17 heavy (non-hydrogen) atoms. The van der Waals surface area contributed by atoms with Gasteiger partial charge in [-0.1, -0.05) is 0 Å². The van der Waals surface area contributed by atoms with E-state index >= 15 is 0 Å². The Morgan fingerprint density at radius 2 is 1.88 bits per heavy atom. The number of hydrogen-bond acceptors (Lipinski definition) is 4. The molecule has 1 N–H and O–H groups in total. The minimum absolute atomic E-state index is 0.180. The molecule has 0 fully saturated rings. The van der Waals surface area contributed by atoms with Crippen LogP contribution in [0.2, 0.25) is 0 Å². The van der Waals surface area contributed by atoms with Crippen LogP contribution in [0.15, 0.2) is 12.1 Å². The van der Waals surface area contributed by atoms with Crippen LogP contribution in [0.1, 0.15) is 18.1 Å². The maximum atomic E-state index is 11.2. The van der Waals surface area contributed by atoms with Crippen molar-refractivity contribution in [1.82, 2.24) is 0 Å². The normalized spacial score (nSPS) is 9.88. The van der Waals surface area contributed by atoms with Gasteiger partial charge in [0.2, 0.25) is 0 Å². The highest BCUT2D eigenvalue weighted by molar-refractivity contribution is 5.75. The number of nitrogens with one attached hydrogen (secondary N) is 1. The second-order valence-corrected chi connectivity index (χ2v) is 3.80. The van der Waals surface area contributed by atoms with E-state index in [0.29, 0.717) is 6.61 Å². The molecule has 4 nitrogen and oxygen atoms in total. The highest BCUT2D eigenvalue weighted by Crippen LogP contribution is 2.26. The topological polar surface area (TPSA) is 47.6 Å². The molecule has 0 saturated carbocycles. The number of esters is 1. The summed E-state index contributed by atoms with van der Waals surface area (Å²) in [4.78, 5) is 11.2. The molecule has 0 aliphatic rings. The van der Waals surface area contributed by atoms with Crippen molar-refractivity contribution >= 4 is 11.7 Å². The molecule has 0 amide bonds. The SMILES string of the molecule is CCOC(=O)CNc1cc(C)c(OC)c(C)c1. The van der Waals surface area contributed by atoms with Crippen molar-refractivity contribution in [2.45, 2.75) is 20.8 Å². The van der Waals surface area contributed by atoms with E-state index in [0.717, 1.165) is 22.6 Å². The first-order valence-electron chi connectivity index (χ1n) is 5.63. The van der Waals surface area contributed by atoms with Crippen LogP contribution in [0.25, 0.3) is 0 Å². The molecule has 1 aromatic carbocycles. The van der Waals surface area contributed by atoms with Crippen LogP contribution in [0.4, 0.5) is 5.69 Å². The summed E-state index contributed by atoms with van der Waals surface area (Å²) in [5, 5.41) is 3.03. The zero-order chi connectivity index (χ0) is 12.8. The first-order chi connectivity index (χ1) is 8.08. The Labute approximate surface area is 102 Å². The summed E-state index contributed by atoms with van der Waals surface area (Å²) in [5.74, 6) is 0.630. The number of hydrogen-bond donors (Lipinski definition) is 1.